The molecule has 0 atom stereocenters. The molecular formula is C7H9N. The molecule has 0 saturated heterocycles. The van der Waals surface area contributed by atoms with Crippen molar-refractivity contribution in [3.05, 3.63) is 12.2 Å². The largest absolute Gasteiger partial charge is 0.193 e. The molecule has 0 amide bonds. The Morgan fingerprint density at radius 2 is 2.38 bits per heavy atom. The van der Waals surface area contributed by atoms with Crippen LogP contribution in [0.4, 0.5) is 0 Å². The van der Waals surface area contributed by atoms with E-state index in [9.17, 15) is 0 Å². The van der Waals surface area contributed by atoms with Gasteiger partial charge in [0.1, 0.15) is 0 Å². The average molecular weight is 107 g/mol. The van der Waals surface area contributed by atoms with Crippen molar-refractivity contribution in [2.45, 2.75) is 19.3 Å². The fourth-order valence-electron chi connectivity index (χ4n) is 0.667. The first-order valence-corrected chi connectivity index (χ1v) is 2.98. The number of rotatable bonds is 2. The van der Waals surface area contributed by atoms with Gasteiger partial charge in [0, 0.05) is 6.08 Å². The van der Waals surface area contributed by atoms with Gasteiger partial charge in [-0.3, -0.25) is 0 Å². The van der Waals surface area contributed by atoms with Gasteiger partial charge in [0.05, 0.1) is 6.07 Å². The fourth-order valence-corrected chi connectivity index (χ4v) is 0.667. The van der Waals surface area contributed by atoms with Crippen LogP contribution in [0, 0.1) is 17.2 Å². The molecule has 0 radical (unpaired) electrons. The molecule has 8 heavy (non-hydrogen) atoms. The van der Waals surface area contributed by atoms with Crippen molar-refractivity contribution in [1.29, 1.82) is 5.26 Å². The van der Waals surface area contributed by atoms with Gasteiger partial charge in [0.25, 0.3) is 0 Å². The first-order valence-electron chi connectivity index (χ1n) is 2.98. The lowest BCUT2D eigenvalue weighted by atomic mass is 10.3. The van der Waals surface area contributed by atoms with Crippen molar-refractivity contribution in [2.75, 3.05) is 0 Å². The smallest absolute Gasteiger partial charge is 0.0908 e. The van der Waals surface area contributed by atoms with Gasteiger partial charge in [-0.15, -0.1) is 0 Å². The van der Waals surface area contributed by atoms with E-state index in [1.54, 1.807) is 6.08 Å². The zero-order valence-corrected chi connectivity index (χ0v) is 4.80. The molecule has 0 aromatic rings. The van der Waals surface area contributed by atoms with Gasteiger partial charge in [-0.1, -0.05) is 6.08 Å². The molecule has 0 aliphatic heterocycles. The van der Waals surface area contributed by atoms with Crippen LogP contribution < -0.4 is 0 Å². The summed E-state index contributed by atoms with van der Waals surface area (Å²) in [6.45, 7) is 0. The predicted molar refractivity (Wildman–Crippen MR) is 32.1 cm³/mol. The average Bonchev–Trinajstić information content (AvgIpc) is 2.51. The number of nitriles is 1. The summed E-state index contributed by atoms with van der Waals surface area (Å²) in [5, 5.41) is 8.06. The van der Waals surface area contributed by atoms with E-state index >= 15 is 0 Å². The van der Waals surface area contributed by atoms with Gasteiger partial charge in [-0.2, -0.15) is 5.26 Å². The molecule has 0 aromatic heterocycles. The van der Waals surface area contributed by atoms with E-state index in [1.165, 1.54) is 12.8 Å². The zero-order chi connectivity index (χ0) is 5.82. The van der Waals surface area contributed by atoms with Crippen molar-refractivity contribution in [3.8, 4) is 6.07 Å². The van der Waals surface area contributed by atoms with Crippen LogP contribution in [0.25, 0.3) is 0 Å². The van der Waals surface area contributed by atoms with Crippen LogP contribution in [0.15, 0.2) is 12.2 Å². The van der Waals surface area contributed by atoms with Crippen molar-refractivity contribution < 1.29 is 0 Å². The SMILES string of the molecule is N#C/C=C/CC1CC1. The maximum absolute atomic E-state index is 8.06. The monoisotopic (exact) mass is 107 g/mol. The summed E-state index contributed by atoms with van der Waals surface area (Å²) in [4.78, 5) is 0. The Morgan fingerprint density at radius 3 is 2.88 bits per heavy atom. The molecule has 1 saturated carbocycles. The Morgan fingerprint density at radius 1 is 1.62 bits per heavy atom. The quantitative estimate of drug-likeness (QED) is 0.494. The second kappa shape index (κ2) is 2.52. The highest BCUT2D eigenvalue weighted by Crippen LogP contribution is 2.32. The van der Waals surface area contributed by atoms with Gasteiger partial charge in [0.15, 0.2) is 0 Å². The minimum atomic E-state index is 0.916. The summed E-state index contributed by atoms with van der Waals surface area (Å²) in [5.41, 5.74) is 0. The fraction of sp³-hybridized carbons (Fsp3) is 0.571. The predicted octanol–water partition coefficient (Wildman–Crippen LogP) is 1.87. The number of allylic oxidation sites excluding steroid dienone is 2. The molecule has 0 heterocycles. The molecule has 42 valence electrons. The van der Waals surface area contributed by atoms with Crippen molar-refractivity contribution in [1.82, 2.24) is 0 Å². The van der Waals surface area contributed by atoms with Gasteiger partial charge in [-0.05, 0) is 25.2 Å². The third-order valence-electron chi connectivity index (χ3n) is 1.36. The van der Waals surface area contributed by atoms with Crippen LogP contribution in [0.5, 0.6) is 0 Å². The maximum atomic E-state index is 8.06. The Bertz CT molecular complexity index is 126. The Kier molecular flexibility index (Phi) is 1.69. The van der Waals surface area contributed by atoms with E-state index in [0.29, 0.717) is 0 Å². The van der Waals surface area contributed by atoms with E-state index in [2.05, 4.69) is 0 Å². The molecule has 0 N–H and O–H groups in total. The summed E-state index contributed by atoms with van der Waals surface area (Å²) < 4.78 is 0. The van der Waals surface area contributed by atoms with E-state index in [1.807, 2.05) is 12.1 Å². The lowest BCUT2D eigenvalue weighted by molar-refractivity contribution is 0.863. The molecule has 1 aliphatic rings. The lowest BCUT2D eigenvalue weighted by Gasteiger charge is -1.79. The standard InChI is InChI=1S/C7H9N/c8-6-2-1-3-7-4-5-7/h1-2,7H,3-5H2/b2-1+. The molecular weight excluding hydrogens is 98.1 g/mol. The van der Waals surface area contributed by atoms with E-state index in [-0.39, 0.29) is 0 Å². The zero-order valence-electron chi connectivity index (χ0n) is 4.80. The number of nitrogens with zero attached hydrogens (tertiary/aromatic N) is 1. The van der Waals surface area contributed by atoms with Crippen LogP contribution in [-0.4, -0.2) is 0 Å². The molecule has 1 rings (SSSR count). The van der Waals surface area contributed by atoms with Crippen LogP contribution in [0.3, 0.4) is 0 Å². The third kappa shape index (κ3) is 1.79. The van der Waals surface area contributed by atoms with Crippen LogP contribution in [0.1, 0.15) is 19.3 Å². The third-order valence-corrected chi connectivity index (χ3v) is 1.36. The molecule has 1 heteroatoms. The lowest BCUT2D eigenvalue weighted by Crippen LogP contribution is -1.65. The molecule has 0 spiro atoms. The van der Waals surface area contributed by atoms with Crippen molar-refractivity contribution in [3.63, 3.8) is 0 Å². The van der Waals surface area contributed by atoms with Gasteiger partial charge in [-0.25, -0.2) is 0 Å². The molecule has 0 unspecified atom stereocenters. The summed E-state index contributed by atoms with van der Waals surface area (Å²) in [7, 11) is 0. The van der Waals surface area contributed by atoms with Gasteiger partial charge >= 0.3 is 0 Å². The van der Waals surface area contributed by atoms with Gasteiger partial charge in [0.2, 0.25) is 0 Å². The molecule has 1 aliphatic carbocycles. The van der Waals surface area contributed by atoms with Gasteiger partial charge < -0.3 is 0 Å². The summed E-state index contributed by atoms with van der Waals surface area (Å²) >= 11 is 0. The molecule has 1 nitrogen and oxygen atoms in total. The minimum Gasteiger partial charge on any atom is -0.193 e. The maximum Gasteiger partial charge on any atom is 0.0908 e. The Hall–Kier alpha value is -0.770. The molecule has 0 bridgehead atoms. The highest BCUT2D eigenvalue weighted by molar-refractivity contribution is 5.02. The van der Waals surface area contributed by atoms with E-state index < -0.39 is 0 Å². The van der Waals surface area contributed by atoms with E-state index in [4.69, 9.17) is 5.26 Å². The molecule has 1 fully saturated rings. The highest BCUT2D eigenvalue weighted by Gasteiger charge is 2.18. The second-order valence-corrected chi connectivity index (χ2v) is 2.21. The Balaban J connectivity index is 2.04. The normalized spacial score (nSPS) is 18.9. The van der Waals surface area contributed by atoms with Crippen LogP contribution >= 0.6 is 0 Å². The van der Waals surface area contributed by atoms with Crippen molar-refractivity contribution >= 4 is 0 Å². The Labute approximate surface area is 49.6 Å². The first kappa shape index (κ1) is 5.37. The first-order chi connectivity index (χ1) is 3.93. The molecule has 0 aromatic carbocycles. The highest BCUT2D eigenvalue weighted by atomic mass is 14.2. The number of hydrogen-bond acceptors (Lipinski definition) is 1. The summed E-state index contributed by atoms with van der Waals surface area (Å²) in [6.07, 6.45) is 7.38. The van der Waals surface area contributed by atoms with Crippen molar-refractivity contribution in [2.24, 2.45) is 5.92 Å². The summed E-state index contributed by atoms with van der Waals surface area (Å²) in [5.74, 6) is 0.916. The minimum absolute atomic E-state index is 0.916. The van der Waals surface area contributed by atoms with Crippen LogP contribution in [-0.2, 0) is 0 Å². The van der Waals surface area contributed by atoms with Crippen LogP contribution in [0.2, 0.25) is 0 Å². The second-order valence-electron chi connectivity index (χ2n) is 2.21. The topological polar surface area (TPSA) is 23.8 Å². The number of hydrogen-bond donors (Lipinski definition) is 0. The summed E-state index contributed by atoms with van der Waals surface area (Å²) in [6, 6.07) is 1.97. The van der Waals surface area contributed by atoms with E-state index in [0.717, 1.165) is 12.3 Å².